The second kappa shape index (κ2) is 6.82. The van der Waals surface area contributed by atoms with E-state index in [0.29, 0.717) is 0 Å². The minimum atomic E-state index is -3.85. The number of terminal acetylenes is 1. The molecule has 0 fully saturated rings. The Morgan fingerprint density at radius 1 is 1.29 bits per heavy atom. The van der Waals surface area contributed by atoms with E-state index in [1.54, 1.807) is 0 Å². The molecule has 24 heavy (non-hydrogen) atoms. The van der Waals surface area contributed by atoms with Gasteiger partial charge in [0.15, 0.2) is 11.6 Å². The van der Waals surface area contributed by atoms with Crippen molar-refractivity contribution in [2.75, 3.05) is 11.9 Å². The summed E-state index contributed by atoms with van der Waals surface area (Å²) in [4.78, 5) is 12.0. The highest BCUT2D eigenvalue weighted by molar-refractivity contribution is 7.89. The van der Waals surface area contributed by atoms with Crippen LogP contribution in [-0.4, -0.2) is 25.4 Å². The minimum Gasteiger partial charge on any atom is -0.345 e. The van der Waals surface area contributed by atoms with Gasteiger partial charge in [-0.05, 0) is 18.2 Å². The molecular formula is C15H13F2N3O3S. The first-order valence-corrected chi connectivity index (χ1v) is 8.09. The number of rotatable bonds is 5. The quantitative estimate of drug-likeness (QED) is 0.799. The summed E-state index contributed by atoms with van der Waals surface area (Å²) in [5.74, 6) is -0.693. The molecule has 9 heteroatoms. The van der Waals surface area contributed by atoms with Crippen molar-refractivity contribution >= 4 is 21.6 Å². The van der Waals surface area contributed by atoms with Gasteiger partial charge in [0, 0.05) is 25.0 Å². The number of amides is 1. The SMILES string of the molecule is C#CCNS(=O)(=O)c1cc(C(=O)Nc2ccc(F)c(F)c2)n(C)c1. The lowest BCUT2D eigenvalue weighted by Gasteiger charge is -2.06. The van der Waals surface area contributed by atoms with Gasteiger partial charge in [-0.2, -0.15) is 4.72 Å². The van der Waals surface area contributed by atoms with E-state index in [-0.39, 0.29) is 22.8 Å². The zero-order valence-corrected chi connectivity index (χ0v) is 13.3. The molecule has 0 saturated heterocycles. The van der Waals surface area contributed by atoms with Crippen molar-refractivity contribution in [1.29, 1.82) is 0 Å². The number of halogens is 2. The fourth-order valence-corrected chi connectivity index (χ4v) is 2.90. The van der Waals surface area contributed by atoms with E-state index in [1.165, 1.54) is 23.9 Å². The van der Waals surface area contributed by atoms with Crippen LogP contribution in [0.2, 0.25) is 0 Å². The zero-order valence-electron chi connectivity index (χ0n) is 12.5. The van der Waals surface area contributed by atoms with Crippen molar-refractivity contribution in [2.45, 2.75) is 4.90 Å². The largest absolute Gasteiger partial charge is 0.345 e. The first-order valence-electron chi connectivity index (χ1n) is 6.60. The lowest BCUT2D eigenvalue weighted by Crippen LogP contribution is -2.23. The number of anilines is 1. The molecule has 1 aromatic heterocycles. The number of nitrogens with one attached hydrogen (secondary N) is 2. The zero-order chi connectivity index (χ0) is 17.9. The van der Waals surface area contributed by atoms with Gasteiger partial charge >= 0.3 is 0 Å². The van der Waals surface area contributed by atoms with Gasteiger partial charge in [-0.15, -0.1) is 6.42 Å². The van der Waals surface area contributed by atoms with Gasteiger partial charge in [0.05, 0.1) is 6.54 Å². The highest BCUT2D eigenvalue weighted by atomic mass is 32.2. The van der Waals surface area contributed by atoms with E-state index in [4.69, 9.17) is 6.42 Å². The fraction of sp³-hybridized carbons (Fsp3) is 0.133. The van der Waals surface area contributed by atoms with Crippen molar-refractivity contribution < 1.29 is 22.0 Å². The van der Waals surface area contributed by atoms with E-state index < -0.39 is 27.6 Å². The number of aromatic nitrogens is 1. The number of carbonyl (C=O) groups is 1. The Balaban J connectivity index is 2.24. The Bertz CT molecular complexity index is 930. The molecule has 1 aromatic carbocycles. The van der Waals surface area contributed by atoms with Crippen LogP contribution in [0.1, 0.15) is 10.5 Å². The summed E-state index contributed by atoms with van der Waals surface area (Å²) in [7, 11) is -2.37. The van der Waals surface area contributed by atoms with Crippen molar-refractivity contribution in [1.82, 2.24) is 9.29 Å². The summed E-state index contributed by atoms with van der Waals surface area (Å²) >= 11 is 0. The van der Waals surface area contributed by atoms with Crippen LogP contribution in [-0.2, 0) is 17.1 Å². The second-order valence-corrected chi connectivity index (χ2v) is 6.55. The van der Waals surface area contributed by atoms with Crippen LogP contribution in [0.25, 0.3) is 0 Å². The number of nitrogens with zero attached hydrogens (tertiary/aromatic N) is 1. The fourth-order valence-electron chi connectivity index (χ4n) is 1.90. The summed E-state index contributed by atoms with van der Waals surface area (Å²) < 4.78 is 53.4. The molecule has 0 atom stereocenters. The molecule has 1 heterocycles. The van der Waals surface area contributed by atoms with Crippen LogP contribution in [0.4, 0.5) is 14.5 Å². The predicted octanol–water partition coefficient (Wildman–Crippen LogP) is 1.47. The van der Waals surface area contributed by atoms with E-state index in [0.717, 1.165) is 18.2 Å². The summed E-state index contributed by atoms with van der Waals surface area (Å²) in [5, 5.41) is 2.36. The number of sulfonamides is 1. The Morgan fingerprint density at radius 2 is 2.00 bits per heavy atom. The van der Waals surface area contributed by atoms with E-state index in [2.05, 4.69) is 16.0 Å². The van der Waals surface area contributed by atoms with Crippen LogP contribution < -0.4 is 10.0 Å². The van der Waals surface area contributed by atoms with Crippen molar-refractivity contribution in [3.05, 3.63) is 47.8 Å². The molecule has 126 valence electrons. The number of hydrogen-bond donors (Lipinski definition) is 2. The average molecular weight is 353 g/mol. The minimum absolute atomic E-state index is 0.0146. The van der Waals surface area contributed by atoms with Gasteiger partial charge in [-0.1, -0.05) is 5.92 Å². The molecule has 1 amide bonds. The van der Waals surface area contributed by atoms with Gasteiger partial charge in [-0.25, -0.2) is 17.2 Å². The number of hydrogen-bond acceptors (Lipinski definition) is 3. The maximum atomic E-state index is 13.2. The topological polar surface area (TPSA) is 80.2 Å². The molecule has 0 aliphatic heterocycles. The number of aryl methyl sites for hydroxylation is 1. The lowest BCUT2D eigenvalue weighted by atomic mass is 10.3. The van der Waals surface area contributed by atoms with Crippen LogP contribution in [0.15, 0.2) is 35.4 Å². The van der Waals surface area contributed by atoms with E-state index in [1.807, 2.05) is 0 Å². The normalized spacial score (nSPS) is 11.1. The van der Waals surface area contributed by atoms with Gasteiger partial charge in [0.1, 0.15) is 10.6 Å². The summed E-state index contributed by atoms with van der Waals surface area (Å²) in [6.45, 7) is -0.187. The third-order valence-electron chi connectivity index (χ3n) is 3.06. The number of benzene rings is 1. The van der Waals surface area contributed by atoms with Crippen molar-refractivity contribution in [3.8, 4) is 12.3 Å². The monoisotopic (exact) mass is 353 g/mol. The molecule has 2 N–H and O–H groups in total. The van der Waals surface area contributed by atoms with Gasteiger partial charge < -0.3 is 9.88 Å². The Hall–Kier alpha value is -2.70. The molecule has 0 aliphatic rings. The highest BCUT2D eigenvalue weighted by Crippen LogP contribution is 2.17. The molecule has 6 nitrogen and oxygen atoms in total. The van der Waals surface area contributed by atoms with Crippen LogP contribution >= 0.6 is 0 Å². The molecule has 0 unspecified atom stereocenters. The number of carbonyl (C=O) groups excluding carboxylic acids is 1. The molecule has 0 spiro atoms. The van der Waals surface area contributed by atoms with Gasteiger partial charge in [0.25, 0.3) is 5.91 Å². The van der Waals surface area contributed by atoms with E-state index >= 15 is 0 Å². The molecule has 0 saturated carbocycles. The predicted molar refractivity (Wildman–Crippen MR) is 83.7 cm³/mol. The van der Waals surface area contributed by atoms with Crippen molar-refractivity contribution in [3.63, 3.8) is 0 Å². The standard InChI is InChI=1S/C15H13F2N3O3S/c1-3-6-18-24(22,23)11-8-14(20(2)9-11)15(21)19-10-4-5-12(16)13(17)7-10/h1,4-5,7-9,18H,6H2,2H3,(H,19,21). The maximum Gasteiger partial charge on any atom is 0.272 e. The summed E-state index contributed by atoms with van der Waals surface area (Å²) in [5.41, 5.74) is 0.0516. The molecule has 2 aromatic rings. The summed E-state index contributed by atoms with van der Waals surface area (Å²) in [6.07, 6.45) is 6.24. The Morgan fingerprint density at radius 3 is 2.62 bits per heavy atom. The third-order valence-corrected chi connectivity index (χ3v) is 4.43. The van der Waals surface area contributed by atoms with Crippen LogP contribution in [0.3, 0.4) is 0 Å². The average Bonchev–Trinajstić information content (AvgIpc) is 2.92. The molecule has 2 rings (SSSR count). The second-order valence-electron chi connectivity index (χ2n) is 4.78. The first kappa shape index (κ1) is 17.7. The van der Waals surface area contributed by atoms with Gasteiger partial charge in [0.2, 0.25) is 10.0 Å². The molecular weight excluding hydrogens is 340 g/mol. The van der Waals surface area contributed by atoms with Crippen LogP contribution in [0.5, 0.6) is 0 Å². The molecule has 0 aliphatic carbocycles. The van der Waals surface area contributed by atoms with E-state index in [9.17, 15) is 22.0 Å². The smallest absolute Gasteiger partial charge is 0.272 e. The molecule has 0 radical (unpaired) electrons. The first-order chi connectivity index (χ1) is 11.2. The Kier molecular flexibility index (Phi) is 5.02. The lowest BCUT2D eigenvalue weighted by molar-refractivity contribution is 0.101. The van der Waals surface area contributed by atoms with Crippen molar-refractivity contribution in [2.24, 2.45) is 7.05 Å². The maximum absolute atomic E-state index is 13.2. The summed E-state index contributed by atoms with van der Waals surface area (Å²) in [6, 6.07) is 4.03. The molecule has 0 bridgehead atoms. The highest BCUT2D eigenvalue weighted by Gasteiger charge is 2.20. The van der Waals surface area contributed by atoms with Crippen LogP contribution in [0, 0.1) is 24.0 Å². The van der Waals surface area contributed by atoms with Gasteiger partial charge in [-0.3, -0.25) is 4.79 Å². The third kappa shape index (κ3) is 3.79. The Labute approximate surface area is 137 Å².